The Balaban J connectivity index is 0.00000342. The molecule has 11 heteroatoms. The maximum atomic E-state index is 14.0. The van der Waals surface area contributed by atoms with Gasteiger partial charge in [-0.15, -0.1) is 17.5 Å². The monoisotopic (exact) mass is 535 g/mol. The molecule has 7 nitrogen and oxygen atoms in total. The van der Waals surface area contributed by atoms with Crippen molar-refractivity contribution < 1.29 is 13.9 Å². The number of benzene rings is 3. The zero-order valence-corrected chi connectivity index (χ0v) is 21.2. The normalized spacial score (nSPS) is 10.6. The van der Waals surface area contributed by atoms with Gasteiger partial charge in [-0.25, -0.2) is 4.39 Å². The van der Waals surface area contributed by atoms with Crippen LogP contribution in [0, 0.1) is 5.82 Å². The van der Waals surface area contributed by atoms with Gasteiger partial charge in [0, 0.05) is 24.4 Å². The maximum Gasteiger partial charge on any atom is 0.214 e. The Labute approximate surface area is 218 Å². The predicted molar refractivity (Wildman–Crippen MR) is 138 cm³/mol. The topological polar surface area (TPSA) is 74.1 Å². The van der Waals surface area contributed by atoms with E-state index in [-0.39, 0.29) is 19.0 Å². The second-order valence-corrected chi connectivity index (χ2v) is 8.68. The lowest BCUT2D eigenvalue weighted by Crippen LogP contribution is -2.17. The molecule has 0 aliphatic carbocycles. The Kier molecular flexibility index (Phi) is 10.2. The molecule has 0 aliphatic heterocycles. The summed E-state index contributed by atoms with van der Waals surface area (Å²) in [6.45, 7) is 1.43. The van der Waals surface area contributed by atoms with Crippen LogP contribution in [0.2, 0.25) is 5.02 Å². The second kappa shape index (κ2) is 13.3. The largest absolute Gasteiger partial charge is 0.493 e. The molecule has 0 aliphatic rings. The van der Waals surface area contributed by atoms with Crippen LogP contribution in [0.25, 0.3) is 5.69 Å². The van der Waals surface area contributed by atoms with Gasteiger partial charge in [-0.05, 0) is 52.4 Å². The number of thioether (sulfide) groups is 1. The van der Waals surface area contributed by atoms with Crippen LogP contribution in [0.15, 0.2) is 71.9 Å². The van der Waals surface area contributed by atoms with Gasteiger partial charge in [0.2, 0.25) is 5.16 Å². The molecule has 4 rings (SSSR count). The van der Waals surface area contributed by atoms with Crippen LogP contribution in [0.4, 0.5) is 4.39 Å². The van der Waals surface area contributed by atoms with Crippen molar-refractivity contribution in [2.45, 2.75) is 18.3 Å². The van der Waals surface area contributed by atoms with Crippen molar-refractivity contribution >= 4 is 35.8 Å². The zero-order chi connectivity index (χ0) is 23.8. The number of tetrazole rings is 1. The van der Waals surface area contributed by atoms with Crippen LogP contribution in [0.1, 0.15) is 11.1 Å². The van der Waals surface area contributed by atoms with Gasteiger partial charge in [0.1, 0.15) is 12.4 Å². The molecule has 1 aromatic heterocycles. The fraction of sp³-hybridized carbons (Fsp3) is 0.208. The Hall–Kier alpha value is -2.85. The number of halogens is 3. The number of hydrogen-bond acceptors (Lipinski definition) is 7. The fourth-order valence-electron chi connectivity index (χ4n) is 3.21. The third-order valence-electron chi connectivity index (χ3n) is 4.94. The molecule has 184 valence electrons. The minimum atomic E-state index is -0.400. The highest BCUT2D eigenvalue weighted by atomic mass is 35.5. The molecule has 0 radical (unpaired) electrons. The Morgan fingerprint density at radius 3 is 2.66 bits per heavy atom. The van der Waals surface area contributed by atoms with E-state index in [0.29, 0.717) is 28.6 Å². The first kappa shape index (κ1) is 26.7. The zero-order valence-electron chi connectivity index (χ0n) is 18.9. The Bertz CT molecular complexity index is 1210. The molecule has 4 aromatic rings. The summed E-state index contributed by atoms with van der Waals surface area (Å²) in [7, 11) is 1.57. The molecule has 0 fully saturated rings. The number of hydrogen-bond donors (Lipinski definition) is 1. The average Bonchev–Trinajstić information content (AvgIpc) is 3.33. The molecule has 35 heavy (non-hydrogen) atoms. The van der Waals surface area contributed by atoms with Crippen LogP contribution in [0.3, 0.4) is 0 Å². The van der Waals surface area contributed by atoms with E-state index in [1.54, 1.807) is 35.7 Å². The highest BCUT2D eigenvalue weighted by molar-refractivity contribution is 7.99. The maximum absolute atomic E-state index is 14.0. The smallest absolute Gasteiger partial charge is 0.214 e. The standard InChI is InChI=1S/C24H23ClFN5O2S.ClH/c1-32-23-14-17(10-11-22(23)33-16-19-20(25)8-5-9-21(19)26)15-27-12-13-34-24-28-29-30-31(24)18-6-3-2-4-7-18;/h2-11,14,27H,12-13,15-16H2,1H3;1H. The average molecular weight is 536 g/mol. The minimum absolute atomic E-state index is 0. The lowest BCUT2D eigenvalue weighted by atomic mass is 10.2. The highest BCUT2D eigenvalue weighted by Gasteiger charge is 2.11. The van der Waals surface area contributed by atoms with E-state index in [2.05, 4.69) is 20.8 Å². The molecule has 1 N–H and O–H groups in total. The SMILES string of the molecule is COc1cc(CNCCSc2nnnn2-c2ccccc2)ccc1OCc1c(F)cccc1Cl.Cl. The predicted octanol–water partition coefficient (Wildman–Crippen LogP) is 5.35. The van der Waals surface area contributed by atoms with E-state index in [1.165, 1.54) is 6.07 Å². The van der Waals surface area contributed by atoms with Gasteiger partial charge >= 0.3 is 0 Å². The van der Waals surface area contributed by atoms with Crippen molar-refractivity contribution in [1.82, 2.24) is 25.5 Å². The number of nitrogens with one attached hydrogen (secondary N) is 1. The first-order valence-electron chi connectivity index (χ1n) is 10.6. The third-order valence-corrected chi connectivity index (χ3v) is 6.22. The molecule has 0 bridgehead atoms. The van der Waals surface area contributed by atoms with Crippen LogP contribution in [-0.2, 0) is 13.2 Å². The first-order valence-corrected chi connectivity index (χ1v) is 11.9. The summed E-state index contributed by atoms with van der Waals surface area (Å²) < 4.78 is 26.9. The molecule has 1 heterocycles. The van der Waals surface area contributed by atoms with Crippen molar-refractivity contribution in [3.63, 3.8) is 0 Å². The van der Waals surface area contributed by atoms with Crippen molar-refractivity contribution in [2.24, 2.45) is 0 Å². The van der Waals surface area contributed by atoms with E-state index < -0.39 is 5.82 Å². The summed E-state index contributed by atoms with van der Waals surface area (Å²) in [6.07, 6.45) is 0. The Morgan fingerprint density at radius 2 is 1.89 bits per heavy atom. The van der Waals surface area contributed by atoms with Crippen LogP contribution in [-0.4, -0.2) is 39.6 Å². The summed E-state index contributed by atoms with van der Waals surface area (Å²) in [5.74, 6) is 1.49. The van der Waals surface area contributed by atoms with E-state index in [9.17, 15) is 4.39 Å². The quantitative estimate of drug-likeness (QED) is 0.205. The van der Waals surface area contributed by atoms with Gasteiger partial charge in [-0.3, -0.25) is 0 Å². The molecule has 0 spiro atoms. The number of methoxy groups -OCH3 is 1. The van der Waals surface area contributed by atoms with Gasteiger partial charge in [0.05, 0.1) is 17.8 Å². The van der Waals surface area contributed by atoms with Gasteiger partial charge in [0.15, 0.2) is 11.5 Å². The van der Waals surface area contributed by atoms with Crippen LogP contribution < -0.4 is 14.8 Å². The van der Waals surface area contributed by atoms with Gasteiger partial charge in [-0.1, -0.05) is 53.7 Å². The van der Waals surface area contributed by atoms with Crippen LogP contribution in [0.5, 0.6) is 11.5 Å². The summed E-state index contributed by atoms with van der Waals surface area (Å²) in [4.78, 5) is 0. The highest BCUT2D eigenvalue weighted by Crippen LogP contribution is 2.30. The van der Waals surface area contributed by atoms with E-state index in [4.69, 9.17) is 21.1 Å². The number of aromatic nitrogens is 4. The number of para-hydroxylation sites is 1. The van der Waals surface area contributed by atoms with E-state index in [0.717, 1.165) is 28.7 Å². The molecule has 0 atom stereocenters. The molecular formula is C24H24Cl2FN5O2S. The summed E-state index contributed by atoms with van der Waals surface area (Å²) >= 11 is 7.66. The van der Waals surface area contributed by atoms with Crippen molar-refractivity contribution in [2.75, 3.05) is 19.4 Å². The van der Waals surface area contributed by atoms with Crippen molar-refractivity contribution in [1.29, 1.82) is 0 Å². The second-order valence-electron chi connectivity index (χ2n) is 7.21. The minimum Gasteiger partial charge on any atom is -0.493 e. The molecule has 0 saturated carbocycles. The van der Waals surface area contributed by atoms with Gasteiger partial charge < -0.3 is 14.8 Å². The number of nitrogens with zero attached hydrogens (tertiary/aromatic N) is 4. The molecular weight excluding hydrogens is 512 g/mol. The first-order chi connectivity index (χ1) is 16.7. The number of rotatable bonds is 11. The lowest BCUT2D eigenvalue weighted by molar-refractivity contribution is 0.279. The van der Waals surface area contributed by atoms with E-state index >= 15 is 0 Å². The Morgan fingerprint density at radius 1 is 1.06 bits per heavy atom. The molecule has 0 saturated heterocycles. The summed E-state index contributed by atoms with van der Waals surface area (Å²) in [5.41, 5.74) is 2.27. The van der Waals surface area contributed by atoms with Crippen molar-refractivity contribution in [3.8, 4) is 17.2 Å². The molecule has 0 amide bonds. The fourth-order valence-corrected chi connectivity index (χ4v) is 4.21. The van der Waals surface area contributed by atoms with Gasteiger partial charge in [0.25, 0.3) is 0 Å². The van der Waals surface area contributed by atoms with E-state index in [1.807, 2.05) is 48.5 Å². The van der Waals surface area contributed by atoms with Gasteiger partial charge in [-0.2, -0.15) is 4.68 Å². The summed E-state index contributed by atoms with van der Waals surface area (Å²) in [6, 6.07) is 20.0. The van der Waals surface area contributed by atoms with Crippen molar-refractivity contribution in [3.05, 3.63) is 88.7 Å². The molecule has 0 unspecified atom stereocenters. The lowest BCUT2D eigenvalue weighted by Gasteiger charge is -2.13. The van der Waals surface area contributed by atoms with Crippen LogP contribution >= 0.6 is 35.8 Å². The molecule has 3 aromatic carbocycles. The number of ether oxygens (including phenoxy) is 2. The summed E-state index contributed by atoms with van der Waals surface area (Å²) in [5, 5.41) is 16.4. The third kappa shape index (κ3) is 7.08.